The average Bonchev–Trinajstić information content (AvgIpc) is 2.39. The number of para-hydroxylation sites is 1. The second-order valence-electron chi connectivity index (χ2n) is 5.33. The Hall–Kier alpha value is -0.770. The maximum atomic E-state index is 11.9. The van der Waals surface area contributed by atoms with Crippen LogP contribution < -0.4 is 5.32 Å². The van der Waals surface area contributed by atoms with Crippen LogP contribution in [0.25, 0.3) is 0 Å². The normalized spacial score (nSPS) is 19.2. The Balaban J connectivity index is 0.00000200. The summed E-state index contributed by atoms with van der Waals surface area (Å²) in [6, 6.07) is 7.33. The molecule has 20 heavy (non-hydrogen) atoms. The molecule has 2 rings (SSSR count). The highest BCUT2D eigenvalue weighted by atomic mass is 35.5. The van der Waals surface area contributed by atoms with E-state index >= 15 is 0 Å². The van der Waals surface area contributed by atoms with Crippen LogP contribution in [0.4, 0.5) is 5.69 Å². The van der Waals surface area contributed by atoms with Gasteiger partial charge in [0.05, 0.1) is 10.7 Å². The van der Waals surface area contributed by atoms with Gasteiger partial charge >= 0.3 is 0 Å². The van der Waals surface area contributed by atoms with Crippen LogP contribution in [0.15, 0.2) is 24.3 Å². The van der Waals surface area contributed by atoms with Crippen LogP contribution >= 0.6 is 24.0 Å². The Labute approximate surface area is 132 Å². The molecule has 1 unspecified atom stereocenters. The monoisotopic (exact) mass is 316 g/mol. The molecule has 1 fully saturated rings. The molecule has 0 spiro atoms. The van der Waals surface area contributed by atoms with Crippen LogP contribution in [0, 0.1) is 5.92 Å². The fourth-order valence-corrected chi connectivity index (χ4v) is 2.71. The third-order valence-corrected chi connectivity index (χ3v) is 3.87. The summed E-state index contributed by atoms with van der Waals surface area (Å²) in [5.41, 5.74) is 0.696. The highest BCUT2D eigenvalue weighted by Crippen LogP contribution is 2.20. The van der Waals surface area contributed by atoms with Gasteiger partial charge in [0.25, 0.3) is 0 Å². The molecule has 0 radical (unpaired) electrons. The third-order valence-electron chi connectivity index (χ3n) is 3.54. The molecule has 1 aliphatic rings. The van der Waals surface area contributed by atoms with Gasteiger partial charge in [0.2, 0.25) is 5.91 Å². The fraction of sp³-hybridized carbons (Fsp3) is 0.533. The molecule has 0 saturated carbocycles. The van der Waals surface area contributed by atoms with Crippen LogP contribution in [0.2, 0.25) is 5.02 Å². The molecule has 112 valence electrons. The van der Waals surface area contributed by atoms with Crippen LogP contribution in [0.5, 0.6) is 0 Å². The first kappa shape index (κ1) is 17.3. The molecule has 1 aromatic carbocycles. The van der Waals surface area contributed by atoms with E-state index in [0.717, 1.165) is 25.6 Å². The van der Waals surface area contributed by atoms with E-state index in [0.29, 0.717) is 17.1 Å². The van der Waals surface area contributed by atoms with Crippen molar-refractivity contribution in [3.05, 3.63) is 29.3 Å². The molecule has 1 atom stereocenters. The van der Waals surface area contributed by atoms with Crippen molar-refractivity contribution in [2.45, 2.75) is 26.2 Å². The van der Waals surface area contributed by atoms with E-state index in [1.54, 1.807) is 6.07 Å². The molecule has 1 amide bonds. The number of halogens is 2. The second-order valence-corrected chi connectivity index (χ2v) is 5.73. The lowest BCUT2D eigenvalue weighted by Crippen LogP contribution is -2.36. The van der Waals surface area contributed by atoms with Gasteiger partial charge in [-0.25, -0.2) is 0 Å². The van der Waals surface area contributed by atoms with E-state index < -0.39 is 0 Å². The average molecular weight is 317 g/mol. The highest BCUT2D eigenvalue weighted by Gasteiger charge is 2.16. The Morgan fingerprint density at radius 2 is 2.20 bits per heavy atom. The number of anilines is 1. The van der Waals surface area contributed by atoms with Crippen LogP contribution in [-0.4, -0.2) is 30.4 Å². The number of benzene rings is 1. The van der Waals surface area contributed by atoms with Gasteiger partial charge in [0.15, 0.2) is 0 Å². The van der Waals surface area contributed by atoms with Gasteiger partial charge in [-0.3, -0.25) is 4.79 Å². The van der Waals surface area contributed by atoms with E-state index in [-0.39, 0.29) is 18.3 Å². The standard InChI is InChI=1S/C15H21ClN2O.ClH/c1-12-5-4-9-18(11-12)10-8-15(19)17-14-7-3-2-6-13(14)16;/h2-3,6-7,12H,4-5,8-11H2,1H3,(H,17,19);1H. The summed E-state index contributed by atoms with van der Waals surface area (Å²) in [5.74, 6) is 0.784. The van der Waals surface area contributed by atoms with Crippen molar-refractivity contribution >= 4 is 35.6 Å². The minimum atomic E-state index is 0. The molecule has 0 aliphatic carbocycles. The maximum Gasteiger partial charge on any atom is 0.225 e. The number of rotatable bonds is 4. The predicted octanol–water partition coefficient (Wildman–Crippen LogP) is 3.82. The molecule has 1 saturated heterocycles. The molecule has 1 heterocycles. The van der Waals surface area contributed by atoms with Crippen molar-refractivity contribution in [3.63, 3.8) is 0 Å². The number of carbonyl (C=O) groups is 1. The summed E-state index contributed by atoms with van der Waals surface area (Å²) in [6.07, 6.45) is 3.08. The number of hydrogen-bond donors (Lipinski definition) is 1. The molecule has 0 aromatic heterocycles. The summed E-state index contributed by atoms with van der Waals surface area (Å²) < 4.78 is 0. The summed E-state index contributed by atoms with van der Waals surface area (Å²) in [7, 11) is 0. The topological polar surface area (TPSA) is 32.3 Å². The first-order chi connectivity index (χ1) is 9.15. The largest absolute Gasteiger partial charge is 0.325 e. The van der Waals surface area contributed by atoms with E-state index in [1.165, 1.54) is 12.8 Å². The Bertz CT molecular complexity index is 440. The zero-order valence-corrected chi connectivity index (χ0v) is 13.3. The van der Waals surface area contributed by atoms with Crippen LogP contribution in [0.1, 0.15) is 26.2 Å². The van der Waals surface area contributed by atoms with E-state index in [2.05, 4.69) is 17.1 Å². The lowest BCUT2D eigenvalue weighted by atomic mass is 10.0. The van der Waals surface area contributed by atoms with Crippen molar-refractivity contribution in [2.24, 2.45) is 5.92 Å². The molecule has 1 aliphatic heterocycles. The quantitative estimate of drug-likeness (QED) is 0.915. The summed E-state index contributed by atoms with van der Waals surface area (Å²) in [6.45, 7) is 5.33. The van der Waals surface area contributed by atoms with Gasteiger partial charge in [-0.2, -0.15) is 0 Å². The number of piperidine rings is 1. The van der Waals surface area contributed by atoms with E-state index in [1.807, 2.05) is 18.2 Å². The number of nitrogens with one attached hydrogen (secondary N) is 1. The zero-order valence-electron chi connectivity index (χ0n) is 11.8. The van der Waals surface area contributed by atoms with Gasteiger partial charge in [0.1, 0.15) is 0 Å². The highest BCUT2D eigenvalue weighted by molar-refractivity contribution is 6.33. The van der Waals surface area contributed by atoms with Crippen molar-refractivity contribution < 1.29 is 4.79 Å². The maximum absolute atomic E-state index is 11.9. The molecular weight excluding hydrogens is 295 g/mol. The van der Waals surface area contributed by atoms with Crippen molar-refractivity contribution in [1.29, 1.82) is 0 Å². The molecule has 5 heteroatoms. The van der Waals surface area contributed by atoms with E-state index in [9.17, 15) is 4.79 Å². The first-order valence-electron chi connectivity index (χ1n) is 6.92. The molecular formula is C15H22Cl2N2O. The van der Waals surface area contributed by atoms with E-state index in [4.69, 9.17) is 11.6 Å². The summed E-state index contributed by atoms with van der Waals surface area (Å²) in [4.78, 5) is 14.3. The lowest BCUT2D eigenvalue weighted by Gasteiger charge is -2.30. The molecule has 0 bridgehead atoms. The Kier molecular flexibility index (Phi) is 7.35. The number of nitrogens with zero attached hydrogens (tertiary/aromatic N) is 1. The number of likely N-dealkylation sites (tertiary alicyclic amines) is 1. The van der Waals surface area contributed by atoms with Crippen LogP contribution in [-0.2, 0) is 4.79 Å². The van der Waals surface area contributed by atoms with Crippen molar-refractivity contribution in [2.75, 3.05) is 25.0 Å². The molecule has 1 N–H and O–H groups in total. The predicted molar refractivity (Wildman–Crippen MR) is 86.8 cm³/mol. The van der Waals surface area contributed by atoms with Crippen molar-refractivity contribution in [1.82, 2.24) is 4.90 Å². The summed E-state index contributed by atoms with van der Waals surface area (Å²) >= 11 is 6.01. The van der Waals surface area contributed by atoms with Crippen molar-refractivity contribution in [3.8, 4) is 0 Å². The number of amides is 1. The minimum absolute atomic E-state index is 0. The Morgan fingerprint density at radius 1 is 1.45 bits per heavy atom. The van der Waals surface area contributed by atoms with Gasteiger partial charge < -0.3 is 10.2 Å². The van der Waals surface area contributed by atoms with Gasteiger partial charge in [0, 0.05) is 19.5 Å². The van der Waals surface area contributed by atoms with Gasteiger partial charge in [-0.15, -0.1) is 12.4 Å². The van der Waals surface area contributed by atoms with Gasteiger partial charge in [-0.1, -0.05) is 30.7 Å². The molecule has 3 nitrogen and oxygen atoms in total. The van der Waals surface area contributed by atoms with Crippen LogP contribution in [0.3, 0.4) is 0 Å². The first-order valence-corrected chi connectivity index (χ1v) is 7.29. The smallest absolute Gasteiger partial charge is 0.225 e. The number of hydrogen-bond acceptors (Lipinski definition) is 2. The second kappa shape index (κ2) is 8.50. The minimum Gasteiger partial charge on any atom is -0.325 e. The zero-order chi connectivity index (χ0) is 13.7. The molecule has 1 aromatic rings. The SMILES string of the molecule is CC1CCCN(CCC(=O)Nc2ccccc2Cl)C1.Cl. The third kappa shape index (κ3) is 5.31. The fourth-order valence-electron chi connectivity index (χ4n) is 2.52. The summed E-state index contributed by atoms with van der Waals surface area (Å²) in [5, 5.41) is 3.45. The Morgan fingerprint density at radius 3 is 2.90 bits per heavy atom. The van der Waals surface area contributed by atoms with Gasteiger partial charge in [-0.05, 0) is 37.4 Å². The number of carbonyl (C=O) groups excluding carboxylic acids is 1. The lowest BCUT2D eigenvalue weighted by molar-refractivity contribution is -0.116.